The maximum absolute atomic E-state index is 11.5. The third-order valence-corrected chi connectivity index (χ3v) is 2.64. The highest BCUT2D eigenvalue weighted by Gasteiger charge is 2.40. The Morgan fingerprint density at radius 3 is 2.83 bits per heavy atom. The number of ether oxygens (including phenoxy) is 3. The Morgan fingerprint density at radius 2 is 2.17 bits per heavy atom. The molecule has 0 spiro atoms. The van der Waals surface area contributed by atoms with Gasteiger partial charge < -0.3 is 14.2 Å². The molecule has 1 aromatic carbocycles. The van der Waals surface area contributed by atoms with Crippen LogP contribution in [-0.4, -0.2) is 30.9 Å². The molecule has 0 N–H and O–H groups in total. The van der Waals surface area contributed by atoms with Gasteiger partial charge in [0.15, 0.2) is 6.10 Å². The highest BCUT2D eigenvalue weighted by Crippen LogP contribution is 2.34. The van der Waals surface area contributed by atoms with Gasteiger partial charge in [-0.05, 0) is 6.07 Å². The second-order valence-corrected chi connectivity index (χ2v) is 3.63. The second-order valence-electron chi connectivity index (χ2n) is 3.63. The number of rotatable bonds is 3. The molecule has 7 nitrogen and oxygen atoms in total. The maximum Gasteiger partial charge on any atom is 0.338 e. The van der Waals surface area contributed by atoms with Crippen LogP contribution in [0.5, 0.6) is 0 Å². The number of nitro benzene ring substituents is 1. The first kappa shape index (κ1) is 12.5. The topological polar surface area (TPSA) is 87.9 Å². The normalized spacial score (nSPS) is 22.7. The minimum atomic E-state index is -0.976. The van der Waals surface area contributed by atoms with Gasteiger partial charge >= 0.3 is 5.97 Å². The lowest BCUT2D eigenvalue weighted by Crippen LogP contribution is -2.27. The predicted molar refractivity (Wildman–Crippen MR) is 58.7 cm³/mol. The lowest BCUT2D eigenvalue weighted by molar-refractivity contribution is -0.386. The summed E-state index contributed by atoms with van der Waals surface area (Å²) in [6.07, 6.45) is -1.80. The molecular formula is C11H11NO6. The zero-order valence-corrected chi connectivity index (χ0v) is 9.57. The molecule has 2 atom stereocenters. The first-order valence-electron chi connectivity index (χ1n) is 5.19. The Kier molecular flexibility index (Phi) is 3.54. The van der Waals surface area contributed by atoms with Gasteiger partial charge in [-0.15, -0.1) is 0 Å². The average molecular weight is 253 g/mol. The molecule has 0 radical (unpaired) electrons. The minimum Gasteiger partial charge on any atom is -0.467 e. The van der Waals surface area contributed by atoms with Crippen molar-refractivity contribution in [1.29, 1.82) is 0 Å². The van der Waals surface area contributed by atoms with Crippen LogP contribution in [0.15, 0.2) is 24.3 Å². The second kappa shape index (κ2) is 5.11. The van der Waals surface area contributed by atoms with Gasteiger partial charge in [-0.25, -0.2) is 4.79 Å². The SMILES string of the molecule is COC(=O)[C@H]1OCO[C@@H]1c1ccccc1[N+](=O)[O-]. The van der Waals surface area contributed by atoms with Gasteiger partial charge in [0.2, 0.25) is 0 Å². The van der Waals surface area contributed by atoms with E-state index in [0.29, 0.717) is 5.56 Å². The van der Waals surface area contributed by atoms with Crippen LogP contribution in [0.25, 0.3) is 0 Å². The number of esters is 1. The molecule has 1 aromatic rings. The van der Waals surface area contributed by atoms with Crippen molar-refractivity contribution in [2.75, 3.05) is 13.9 Å². The summed E-state index contributed by atoms with van der Waals surface area (Å²) in [5.41, 5.74) is 0.192. The van der Waals surface area contributed by atoms with Gasteiger partial charge in [-0.2, -0.15) is 0 Å². The number of methoxy groups -OCH3 is 1. The zero-order chi connectivity index (χ0) is 13.1. The summed E-state index contributed by atoms with van der Waals surface area (Å²) in [4.78, 5) is 21.9. The van der Waals surface area contributed by atoms with Crippen molar-refractivity contribution in [2.24, 2.45) is 0 Å². The number of nitrogens with zero attached hydrogens (tertiary/aromatic N) is 1. The number of benzene rings is 1. The van der Waals surface area contributed by atoms with Crippen molar-refractivity contribution in [3.63, 3.8) is 0 Å². The molecular weight excluding hydrogens is 242 g/mol. The Labute approximate surface area is 102 Å². The minimum absolute atomic E-state index is 0.101. The summed E-state index contributed by atoms with van der Waals surface area (Å²) in [6.45, 7) is -0.101. The van der Waals surface area contributed by atoms with Crippen LogP contribution >= 0.6 is 0 Å². The highest BCUT2D eigenvalue weighted by atomic mass is 16.7. The summed E-state index contributed by atoms with van der Waals surface area (Å²) >= 11 is 0. The lowest BCUT2D eigenvalue weighted by atomic mass is 10.0. The molecule has 0 unspecified atom stereocenters. The monoisotopic (exact) mass is 253 g/mol. The Morgan fingerprint density at radius 1 is 1.44 bits per heavy atom. The Bertz CT molecular complexity index is 474. The number of carbonyl (C=O) groups excluding carboxylic acids is 1. The molecule has 1 saturated heterocycles. The van der Waals surface area contributed by atoms with E-state index in [4.69, 9.17) is 9.47 Å². The van der Waals surface area contributed by atoms with Crippen LogP contribution in [0.3, 0.4) is 0 Å². The number of nitro groups is 1. The summed E-state index contributed by atoms with van der Waals surface area (Å²) in [5.74, 6) is -0.615. The molecule has 18 heavy (non-hydrogen) atoms. The van der Waals surface area contributed by atoms with E-state index in [-0.39, 0.29) is 12.5 Å². The zero-order valence-electron chi connectivity index (χ0n) is 9.57. The van der Waals surface area contributed by atoms with Gasteiger partial charge in [0.1, 0.15) is 12.9 Å². The fraction of sp³-hybridized carbons (Fsp3) is 0.364. The van der Waals surface area contributed by atoms with Gasteiger partial charge in [-0.3, -0.25) is 10.1 Å². The van der Waals surface area contributed by atoms with Gasteiger partial charge in [0.25, 0.3) is 5.69 Å². The molecule has 0 saturated carbocycles. The predicted octanol–water partition coefficient (Wildman–Crippen LogP) is 1.18. The summed E-state index contributed by atoms with van der Waals surface area (Å²) < 4.78 is 14.9. The lowest BCUT2D eigenvalue weighted by Gasteiger charge is -2.14. The first-order chi connectivity index (χ1) is 8.65. The van der Waals surface area contributed by atoms with E-state index in [1.807, 2.05) is 0 Å². The van der Waals surface area contributed by atoms with Gasteiger partial charge in [0.05, 0.1) is 17.6 Å². The third kappa shape index (κ3) is 2.18. The van der Waals surface area contributed by atoms with E-state index >= 15 is 0 Å². The smallest absolute Gasteiger partial charge is 0.338 e. The van der Waals surface area contributed by atoms with E-state index in [1.165, 1.54) is 19.2 Å². The number of hydrogen-bond acceptors (Lipinski definition) is 6. The van der Waals surface area contributed by atoms with Crippen molar-refractivity contribution in [3.8, 4) is 0 Å². The van der Waals surface area contributed by atoms with Crippen molar-refractivity contribution in [1.82, 2.24) is 0 Å². The first-order valence-corrected chi connectivity index (χ1v) is 5.19. The van der Waals surface area contributed by atoms with E-state index in [2.05, 4.69) is 4.74 Å². The standard InChI is InChI=1S/C11H11NO6/c1-16-11(13)10-9(17-6-18-10)7-4-2-3-5-8(7)12(14)15/h2-5,9-10H,6H2,1H3/t9-,10+/m1/s1. The largest absolute Gasteiger partial charge is 0.467 e. The fourth-order valence-corrected chi connectivity index (χ4v) is 1.82. The highest BCUT2D eigenvalue weighted by molar-refractivity contribution is 5.76. The summed E-state index contributed by atoms with van der Waals surface area (Å²) in [7, 11) is 1.22. The molecule has 0 aliphatic carbocycles. The van der Waals surface area contributed by atoms with E-state index < -0.39 is 23.1 Å². The number of hydrogen-bond donors (Lipinski definition) is 0. The molecule has 0 aromatic heterocycles. The molecule has 0 amide bonds. The molecule has 2 rings (SSSR count). The van der Waals surface area contributed by atoms with Crippen molar-refractivity contribution >= 4 is 11.7 Å². The van der Waals surface area contributed by atoms with Crippen LogP contribution in [0, 0.1) is 10.1 Å². The van der Waals surface area contributed by atoms with Crippen LogP contribution in [0.1, 0.15) is 11.7 Å². The fourth-order valence-electron chi connectivity index (χ4n) is 1.82. The van der Waals surface area contributed by atoms with Crippen LogP contribution in [0.4, 0.5) is 5.69 Å². The number of carbonyl (C=O) groups is 1. The van der Waals surface area contributed by atoms with Crippen molar-refractivity contribution in [2.45, 2.75) is 12.2 Å². The Balaban J connectivity index is 2.36. The average Bonchev–Trinajstić information content (AvgIpc) is 2.86. The molecule has 0 bridgehead atoms. The number of para-hydroxylation sites is 1. The van der Waals surface area contributed by atoms with E-state index in [1.54, 1.807) is 12.1 Å². The third-order valence-electron chi connectivity index (χ3n) is 2.64. The van der Waals surface area contributed by atoms with Crippen molar-refractivity contribution < 1.29 is 23.9 Å². The van der Waals surface area contributed by atoms with E-state index in [9.17, 15) is 14.9 Å². The molecule has 7 heteroatoms. The van der Waals surface area contributed by atoms with Gasteiger partial charge in [-0.1, -0.05) is 12.1 Å². The van der Waals surface area contributed by atoms with Crippen LogP contribution in [0.2, 0.25) is 0 Å². The maximum atomic E-state index is 11.5. The molecule has 1 fully saturated rings. The quantitative estimate of drug-likeness (QED) is 0.456. The molecule has 1 aliphatic heterocycles. The van der Waals surface area contributed by atoms with Gasteiger partial charge in [0, 0.05) is 6.07 Å². The Hall–Kier alpha value is -1.99. The molecule has 1 heterocycles. The summed E-state index contributed by atoms with van der Waals surface area (Å²) in [5, 5.41) is 10.9. The summed E-state index contributed by atoms with van der Waals surface area (Å²) in [6, 6.07) is 6.07. The van der Waals surface area contributed by atoms with Crippen molar-refractivity contribution in [3.05, 3.63) is 39.9 Å². The van der Waals surface area contributed by atoms with Crippen LogP contribution in [-0.2, 0) is 19.0 Å². The molecule has 96 valence electrons. The van der Waals surface area contributed by atoms with E-state index in [0.717, 1.165) is 0 Å². The molecule has 1 aliphatic rings. The van der Waals surface area contributed by atoms with Crippen LogP contribution < -0.4 is 0 Å².